The first kappa shape index (κ1) is 18.6. The molecule has 1 saturated heterocycles. The Morgan fingerprint density at radius 3 is 2.23 bits per heavy atom. The summed E-state index contributed by atoms with van der Waals surface area (Å²) in [5.74, 6) is 0.133. The van der Waals surface area contributed by atoms with Crippen LogP contribution in [0, 0.1) is 0 Å². The quantitative estimate of drug-likeness (QED) is 0.561. The highest BCUT2D eigenvalue weighted by molar-refractivity contribution is 6.05. The van der Waals surface area contributed by atoms with Gasteiger partial charge in [0.15, 0.2) is 0 Å². The fourth-order valence-corrected chi connectivity index (χ4v) is 4.41. The van der Waals surface area contributed by atoms with Crippen molar-refractivity contribution in [1.82, 2.24) is 14.6 Å². The first-order valence-electron chi connectivity index (χ1n) is 10.5. The average Bonchev–Trinajstić information content (AvgIpc) is 3.14. The van der Waals surface area contributed by atoms with E-state index in [-0.39, 0.29) is 5.91 Å². The molecule has 5 rings (SSSR count). The maximum atomic E-state index is 13.8. The zero-order chi connectivity index (χ0) is 20.3. The Labute approximate surface area is 176 Å². The number of hydrogen-bond acceptors (Lipinski definition) is 2. The molecule has 3 heterocycles. The van der Waals surface area contributed by atoms with Crippen molar-refractivity contribution in [3.63, 3.8) is 0 Å². The van der Waals surface area contributed by atoms with Crippen molar-refractivity contribution < 1.29 is 4.79 Å². The second kappa shape index (κ2) is 8.17. The number of pyridine rings is 1. The van der Waals surface area contributed by atoms with Gasteiger partial charge in [-0.1, -0.05) is 66.7 Å². The highest BCUT2D eigenvalue weighted by Gasteiger charge is 2.28. The average molecular weight is 396 g/mol. The third-order valence-electron chi connectivity index (χ3n) is 5.83. The number of fused-ring (bicyclic) bond motifs is 1. The lowest BCUT2D eigenvalue weighted by Crippen LogP contribution is -2.46. The van der Waals surface area contributed by atoms with E-state index >= 15 is 0 Å². The maximum Gasteiger partial charge on any atom is 0.256 e. The summed E-state index contributed by atoms with van der Waals surface area (Å²) < 4.78 is 2.18. The smallest absolute Gasteiger partial charge is 0.256 e. The van der Waals surface area contributed by atoms with Crippen LogP contribution in [0.25, 0.3) is 16.8 Å². The monoisotopic (exact) mass is 395 g/mol. The van der Waals surface area contributed by atoms with Crippen LogP contribution in [-0.2, 0) is 6.42 Å². The lowest BCUT2D eigenvalue weighted by atomic mass is 9.96. The second-order valence-electron chi connectivity index (χ2n) is 7.73. The lowest BCUT2D eigenvalue weighted by Gasteiger charge is -2.27. The first-order chi connectivity index (χ1) is 14.8. The molecule has 0 saturated carbocycles. The Morgan fingerprint density at radius 2 is 1.50 bits per heavy atom. The Kier molecular flexibility index (Phi) is 5.08. The zero-order valence-corrected chi connectivity index (χ0v) is 16.9. The molecule has 0 aliphatic carbocycles. The van der Waals surface area contributed by atoms with Crippen molar-refractivity contribution in [3.8, 4) is 11.3 Å². The van der Waals surface area contributed by atoms with Crippen LogP contribution < -0.4 is 5.32 Å². The van der Waals surface area contributed by atoms with Crippen LogP contribution in [-0.4, -0.2) is 41.4 Å². The minimum Gasteiger partial charge on any atom is -0.336 e. The molecule has 0 spiro atoms. The summed E-state index contributed by atoms with van der Waals surface area (Å²) in [5, 5.41) is 3.34. The van der Waals surface area contributed by atoms with E-state index in [1.807, 2.05) is 29.2 Å². The molecule has 0 atom stereocenters. The van der Waals surface area contributed by atoms with E-state index < -0.39 is 0 Å². The van der Waals surface area contributed by atoms with Gasteiger partial charge in [0.05, 0.1) is 16.8 Å². The molecule has 0 radical (unpaired) electrons. The number of nitrogens with zero attached hydrogens (tertiary/aromatic N) is 2. The molecule has 150 valence electrons. The molecule has 1 fully saturated rings. The van der Waals surface area contributed by atoms with Crippen molar-refractivity contribution in [2.24, 2.45) is 0 Å². The molecule has 1 aliphatic heterocycles. The normalized spacial score (nSPS) is 14.2. The van der Waals surface area contributed by atoms with Gasteiger partial charge in [-0.15, -0.1) is 0 Å². The maximum absolute atomic E-state index is 13.8. The Morgan fingerprint density at radius 1 is 0.833 bits per heavy atom. The summed E-state index contributed by atoms with van der Waals surface area (Å²) >= 11 is 0. The molecule has 1 aliphatic rings. The number of amides is 1. The fraction of sp³-hybridized carbons (Fsp3) is 0.192. The van der Waals surface area contributed by atoms with Gasteiger partial charge in [-0.25, -0.2) is 0 Å². The fourth-order valence-electron chi connectivity index (χ4n) is 4.41. The third kappa shape index (κ3) is 3.40. The minimum atomic E-state index is 0.133. The number of carbonyl (C=O) groups is 1. The largest absolute Gasteiger partial charge is 0.336 e. The Hall–Kier alpha value is -3.37. The van der Waals surface area contributed by atoms with E-state index in [4.69, 9.17) is 0 Å². The predicted molar refractivity (Wildman–Crippen MR) is 121 cm³/mol. The minimum absolute atomic E-state index is 0.133. The molecule has 0 unspecified atom stereocenters. The molecule has 0 bridgehead atoms. The molecule has 4 nitrogen and oxygen atoms in total. The van der Waals surface area contributed by atoms with Gasteiger partial charge in [0.1, 0.15) is 0 Å². The van der Waals surface area contributed by atoms with Crippen LogP contribution in [0.3, 0.4) is 0 Å². The number of nitrogens with one attached hydrogen (secondary N) is 1. The van der Waals surface area contributed by atoms with Crippen molar-refractivity contribution >= 4 is 11.4 Å². The van der Waals surface area contributed by atoms with E-state index in [1.54, 1.807) is 0 Å². The molecule has 30 heavy (non-hydrogen) atoms. The van der Waals surface area contributed by atoms with E-state index in [0.717, 1.165) is 60.5 Å². The highest BCUT2D eigenvalue weighted by Crippen LogP contribution is 2.34. The molecule has 2 aromatic heterocycles. The summed E-state index contributed by atoms with van der Waals surface area (Å²) in [4.78, 5) is 15.7. The van der Waals surface area contributed by atoms with Crippen molar-refractivity contribution in [2.45, 2.75) is 6.42 Å². The molecular formula is C26H25N3O. The number of piperazine rings is 1. The van der Waals surface area contributed by atoms with Gasteiger partial charge < -0.3 is 14.6 Å². The van der Waals surface area contributed by atoms with Gasteiger partial charge in [0.25, 0.3) is 5.91 Å². The van der Waals surface area contributed by atoms with Crippen LogP contribution in [0.15, 0.2) is 85.1 Å². The molecular weight excluding hydrogens is 370 g/mol. The Balaban J connectivity index is 1.75. The van der Waals surface area contributed by atoms with Crippen molar-refractivity contribution in [3.05, 3.63) is 102 Å². The summed E-state index contributed by atoms with van der Waals surface area (Å²) in [6.07, 6.45) is 2.79. The number of benzene rings is 2. The summed E-state index contributed by atoms with van der Waals surface area (Å²) in [5.41, 5.74) is 6.35. The van der Waals surface area contributed by atoms with Gasteiger partial charge in [-0.2, -0.15) is 0 Å². The lowest BCUT2D eigenvalue weighted by molar-refractivity contribution is 0.0737. The van der Waals surface area contributed by atoms with Crippen LogP contribution in [0.2, 0.25) is 0 Å². The van der Waals surface area contributed by atoms with Crippen LogP contribution in [0.5, 0.6) is 0 Å². The van der Waals surface area contributed by atoms with E-state index in [9.17, 15) is 4.79 Å². The van der Waals surface area contributed by atoms with E-state index in [1.165, 1.54) is 5.56 Å². The van der Waals surface area contributed by atoms with Crippen molar-refractivity contribution in [2.75, 3.05) is 26.2 Å². The molecule has 4 heteroatoms. The van der Waals surface area contributed by atoms with Gasteiger partial charge >= 0.3 is 0 Å². The standard InChI is InChI=1S/C26H25N3O/c30-26(28-17-14-27-15-18-28)24-22(19-20-9-3-1-4-10-20)25(21-11-5-2-6-12-21)29-16-8-7-13-23(24)29/h1-13,16,27H,14-15,17-19H2. The summed E-state index contributed by atoms with van der Waals surface area (Å²) in [6, 6.07) is 26.9. The zero-order valence-electron chi connectivity index (χ0n) is 16.9. The van der Waals surface area contributed by atoms with Crippen molar-refractivity contribution in [1.29, 1.82) is 0 Å². The molecule has 2 aromatic carbocycles. The van der Waals surface area contributed by atoms with Gasteiger partial charge in [-0.3, -0.25) is 4.79 Å². The number of aromatic nitrogens is 1. The molecule has 1 amide bonds. The van der Waals surface area contributed by atoms with E-state index in [2.05, 4.69) is 70.5 Å². The van der Waals surface area contributed by atoms with Crippen LogP contribution >= 0.6 is 0 Å². The molecule has 1 N–H and O–H groups in total. The highest BCUT2D eigenvalue weighted by atomic mass is 16.2. The van der Waals surface area contributed by atoms with Gasteiger partial charge in [-0.05, 0) is 28.8 Å². The SMILES string of the molecule is O=C(c1c(Cc2ccccc2)c(-c2ccccc2)n2ccccc12)N1CCNCC1. The van der Waals surface area contributed by atoms with Crippen LogP contribution in [0.1, 0.15) is 21.5 Å². The predicted octanol–water partition coefficient (Wildman–Crippen LogP) is 4.24. The summed E-state index contributed by atoms with van der Waals surface area (Å²) in [6.45, 7) is 3.18. The van der Waals surface area contributed by atoms with Gasteiger partial charge in [0.2, 0.25) is 0 Å². The van der Waals surface area contributed by atoms with E-state index in [0.29, 0.717) is 0 Å². The second-order valence-corrected chi connectivity index (χ2v) is 7.73. The van der Waals surface area contributed by atoms with Gasteiger partial charge in [0, 0.05) is 38.8 Å². The number of rotatable bonds is 4. The molecule has 4 aromatic rings. The van der Waals surface area contributed by atoms with Crippen LogP contribution in [0.4, 0.5) is 0 Å². The Bertz CT molecular complexity index is 1160. The number of carbonyl (C=O) groups excluding carboxylic acids is 1. The topological polar surface area (TPSA) is 36.8 Å². The number of hydrogen-bond donors (Lipinski definition) is 1. The third-order valence-corrected chi connectivity index (χ3v) is 5.83. The first-order valence-corrected chi connectivity index (χ1v) is 10.5. The summed E-state index contributed by atoms with van der Waals surface area (Å²) in [7, 11) is 0.